The molecule has 0 aliphatic carbocycles. The smallest absolute Gasteiger partial charge is 0.255 e. The largest absolute Gasteiger partial charge is 0.338 e. The topological polar surface area (TPSA) is 51.0 Å². The van der Waals surface area contributed by atoms with E-state index in [1.807, 2.05) is 28.6 Å². The summed E-state index contributed by atoms with van der Waals surface area (Å²) in [5.74, 6) is 1.16. The monoisotopic (exact) mass is 304 g/mol. The van der Waals surface area contributed by atoms with Crippen LogP contribution in [0.5, 0.6) is 0 Å². The predicted octanol–water partition coefficient (Wildman–Crippen LogP) is 2.49. The Hall–Kier alpha value is -1.88. The van der Waals surface area contributed by atoms with Crippen molar-refractivity contribution >= 4 is 17.5 Å². The molecule has 0 spiro atoms. The lowest BCUT2D eigenvalue weighted by Gasteiger charge is -2.32. The second-order valence-corrected chi connectivity index (χ2v) is 5.78. The van der Waals surface area contributed by atoms with Crippen LogP contribution >= 0.6 is 11.6 Å². The summed E-state index contributed by atoms with van der Waals surface area (Å²) in [6, 6.07) is 7.19. The van der Waals surface area contributed by atoms with E-state index in [2.05, 4.69) is 10.2 Å². The standard InChI is InChI=1S/C15H17ClN4O/c1-19-10-17-18-14(19)11-5-4-8-20(9-11)15(21)12-6-2-3-7-13(12)16/h2-3,6-7,10-11H,4-5,8-9H2,1H3/t11-/m1/s1. The summed E-state index contributed by atoms with van der Waals surface area (Å²) in [4.78, 5) is 14.5. The Balaban J connectivity index is 1.79. The van der Waals surface area contributed by atoms with Gasteiger partial charge in [-0.15, -0.1) is 10.2 Å². The summed E-state index contributed by atoms with van der Waals surface area (Å²) in [7, 11) is 1.93. The molecule has 1 atom stereocenters. The highest BCUT2D eigenvalue weighted by Crippen LogP contribution is 2.27. The van der Waals surface area contributed by atoms with E-state index in [4.69, 9.17) is 11.6 Å². The number of aromatic nitrogens is 3. The average Bonchev–Trinajstić information content (AvgIpc) is 2.93. The molecule has 0 bridgehead atoms. The SMILES string of the molecule is Cn1cnnc1[C@@H]1CCCN(C(=O)c2ccccc2Cl)C1. The summed E-state index contributed by atoms with van der Waals surface area (Å²) in [5, 5.41) is 8.60. The molecule has 110 valence electrons. The molecule has 1 aliphatic heterocycles. The van der Waals surface area contributed by atoms with Gasteiger partial charge in [-0.25, -0.2) is 0 Å². The first-order valence-electron chi connectivity index (χ1n) is 7.04. The zero-order chi connectivity index (χ0) is 14.8. The van der Waals surface area contributed by atoms with Crippen molar-refractivity contribution in [3.05, 3.63) is 47.0 Å². The van der Waals surface area contributed by atoms with Gasteiger partial charge in [0.1, 0.15) is 12.2 Å². The van der Waals surface area contributed by atoms with Crippen LogP contribution in [0.1, 0.15) is 34.9 Å². The Labute approximate surface area is 128 Å². The van der Waals surface area contributed by atoms with E-state index in [0.29, 0.717) is 17.1 Å². The van der Waals surface area contributed by atoms with Crippen LogP contribution < -0.4 is 0 Å². The lowest BCUT2D eigenvalue weighted by Crippen LogP contribution is -2.39. The summed E-state index contributed by atoms with van der Waals surface area (Å²) >= 11 is 6.13. The molecule has 1 aromatic carbocycles. The van der Waals surface area contributed by atoms with Gasteiger partial charge in [-0.3, -0.25) is 4.79 Å². The summed E-state index contributed by atoms with van der Waals surface area (Å²) in [6.07, 6.45) is 3.69. The number of carbonyl (C=O) groups excluding carboxylic acids is 1. The number of likely N-dealkylation sites (tertiary alicyclic amines) is 1. The van der Waals surface area contributed by atoms with Gasteiger partial charge in [0.25, 0.3) is 5.91 Å². The molecule has 1 fully saturated rings. The predicted molar refractivity (Wildman–Crippen MR) is 80.3 cm³/mol. The van der Waals surface area contributed by atoms with Crippen LogP contribution in [0.3, 0.4) is 0 Å². The van der Waals surface area contributed by atoms with E-state index in [-0.39, 0.29) is 11.8 Å². The van der Waals surface area contributed by atoms with E-state index in [1.54, 1.807) is 18.5 Å². The minimum absolute atomic E-state index is 0.00697. The Kier molecular flexibility index (Phi) is 3.92. The van der Waals surface area contributed by atoms with Gasteiger partial charge in [0.05, 0.1) is 10.6 Å². The molecule has 1 aromatic heterocycles. The van der Waals surface area contributed by atoms with Gasteiger partial charge >= 0.3 is 0 Å². The number of hydrogen-bond acceptors (Lipinski definition) is 3. The fourth-order valence-corrected chi connectivity index (χ4v) is 3.06. The van der Waals surface area contributed by atoms with Gasteiger partial charge in [0, 0.05) is 26.1 Å². The molecular formula is C15H17ClN4O. The van der Waals surface area contributed by atoms with E-state index in [1.165, 1.54) is 0 Å². The van der Waals surface area contributed by atoms with Gasteiger partial charge in [-0.1, -0.05) is 23.7 Å². The minimum atomic E-state index is -0.00697. The van der Waals surface area contributed by atoms with Crippen LogP contribution in [0, 0.1) is 0 Å². The number of hydrogen-bond donors (Lipinski definition) is 0. The van der Waals surface area contributed by atoms with Gasteiger partial charge in [-0.2, -0.15) is 0 Å². The van der Waals surface area contributed by atoms with Gasteiger partial charge in [-0.05, 0) is 25.0 Å². The number of piperidine rings is 1. The molecule has 2 heterocycles. The number of benzene rings is 1. The van der Waals surface area contributed by atoms with E-state index >= 15 is 0 Å². The van der Waals surface area contributed by atoms with E-state index < -0.39 is 0 Å². The maximum atomic E-state index is 12.6. The van der Waals surface area contributed by atoms with E-state index in [9.17, 15) is 4.79 Å². The third-order valence-corrected chi connectivity index (χ3v) is 4.25. The van der Waals surface area contributed by atoms with Crippen molar-refractivity contribution in [1.29, 1.82) is 0 Å². The lowest BCUT2D eigenvalue weighted by molar-refractivity contribution is 0.0703. The zero-order valence-electron chi connectivity index (χ0n) is 11.9. The molecule has 2 aromatic rings. The Morgan fingerprint density at radius 3 is 2.90 bits per heavy atom. The maximum Gasteiger partial charge on any atom is 0.255 e. The highest BCUT2D eigenvalue weighted by atomic mass is 35.5. The highest BCUT2D eigenvalue weighted by Gasteiger charge is 2.28. The van der Waals surface area contributed by atoms with Crippen LogP contribution in [-0.2, 0) is 7.05 Å². The van der Waals surface area contributed by atoms with Crippen molar-refractivity contribution in [3.8, 4) is 0 Å². The molecule has 0 N–H and O–H groups in total. The van der Waals surface area contributed by atoms with Gasteiger partial charge in [0.15, 0.2) is 0 Å². The third-order valence-electron chi connectivity index (χ3n) is 3.92. The van der Waals surface area contributed by atoms with Crippen molar-refractivity contribution < 1.29 is 4.79 Å². The first-order valence-corrected chi connectivity index (χ1v) is 7.42. The molecule has 1 saturated heterocycles. The number of halogens is 1. The summed E-state index contributed by atoms with van der Waals surface area (Å²) in [5.41, 5.74) is 0.567. The van der Waals surface area contributed by atoms with E-state index in [0.717, 1.165) is 25.2 Å². The fourth-order valence-electron chi connectivity index (χ4n) is 2.84. The Morgan fingerprint density at radius 1 is 1.38 bits per heavy atom. The quantitative estimate of drug-likeness (QED) is 0.856. The molecular weight excluding hydrogens is 288 g/mol. The molecule has 5 nitrogen and oxygen atoms in total. The van der Waals surface area contributed by atoms with Crippen LogP contribution in [0.15, 0.2) is 30.6 Å². The molecule has 3 rings (SSSR count). The minimum Gasteiger partial charge on any atom is -0.338 e. The molecule has 0 unspecified atom stereocenters. The molecule has 1 amide bonds. The number of amides is 1. The molecule has 0 radical (unpaired) electrons. The van der Waals surface area contributed by atoms with Crippen LogP contribution in [-0.4, -0.2) is 38.7 Å². The number of aryl methyl sites for hydroxylation is 1. The summed E-state index contributed by atoms with van der Waals surface area (Å²) in [6.45, 7) is 1.43. The second-order valence-electron chi connectivity index (χ2n) is 5.37. The molecule has 21 heavy (non-hydrogen) atoms. The van der Waals surface area contributed by atoms with Crippen molar-refractivity contribution in [2.75, 3.05) is 13.1 Å². The number of rotatable bonds is 2. The second kappa shape index (κ2) is 5.85. The first-order chi connectivity index (χ1) is 10.2. The fraction of sp³-hybridized carbons (Fsp3) is 0.400. The maximum absolute atomic E-state index is 12.6. The van der Waals surface area contributed by atoms with Crippen LogP contribution in [0.25, 0.3) is 0 Å². The van der Waals surface area contributed by atoms with Crippen LogP contribution in [0.4, 0.5) is 0 Å². The molecule has 6 heteroatoms. The first kappa shape index (κ1) is 14.1. The molecule has 0 saturated carbocycles. The zero-order valence-corrected chi connectivity index (χ0v) is 12.6. The average molecular weight is 305 g/mol. The van der Waals surface area contributed by atoms with Crippen LogP contribution in [0.2, 0.25) is 5.02 Å². The summed E-state index contributed by atoms with van der Waals surface area (Å²) < 4.78 is 1.92. The van der Waals surface area contributed by atoms with Crippen molar-refractivity contribution in [2.24, 2.45) is 7.05 Å². The Morgan fingerprint density at radius 2 is 2.19 bits per heavy atom. The van der Waals surface area contributed by atoms with Gasteiger partial charge < -0.3 is 9.47 Å². The molecule has 1 aliphatic rings. The van der Waals surface area contributed by atoms with Gasteiger partial charge in [0.2, 0.25) is 0 Å². The van der Waals surface area contributed by atoms with Crippen molar-refractivity contribution in [2.45, 2.75) is 18.8 Å². The highest BCUT2D eigenvalue weighted by molar-refractivity contribution is 6.33. The van der Waals surface area contributed by atoms with Crippen molar-refractivity contribution in [1.82, 2.24) is 19.7 Å². The number of nitrogens with zero attached hydrogens (tertiary/aromatic N) is 4. The normalized spacial score (nSPS) is 18.8. The third kappa shape index (κ3) is 2.78. The lowest BCUT2D eigenvalue weighted by atomic mass is 9.96. The van der Waals surface area contributed by atoms with Crippen molar-refractivity contribution in [3.63, 3.8) is 0 Å². The Bertz CT molecular complexity index is 655. The number of carbonyl (C=O) groups is 1.